The number of hydrogen-bond donors (Lipinski definition) is 1. The van der Waals surface area contributed by atoms with Gasteiger partial charge in [0.2, 0.25) is 0 Å². The zero-order valence-corrected chi connectivity index (χ0v) is 24.5. The van der Waals surface area contributed by atoms with Crippen molar-refractivity contribution in [2.24, 2.45) is 0 Å². The van der Waals surface area contributed by atoms with Gasteiger partial charge in [-0.2, -0.15) is 5.10 Å². The van der Waals surface area contributed by atoms with Gasteiger partial charge in [-0.1, -0.05) is 29.8 Å². The van der Waals surface area contributed by atoms with Crippen molar-refractivity contribution in [2.45, 2.75) is 51.1 Å². The van der Waals surface area contributed by atoms with Gasteiger partial charge in [-0.3, -0.25) is 9.58 Å². The molecule has 0 radical (unpaired) electrons. The highest BCUT2D eigenvalue weighted by molar-refractivity contribution is 5.87. The van der Waals surface area contributed by atoms with Crippen molar-refractivity contribution in [3.63, 3.8) is 0 Å². The number of rotatable bonds is 9. The summed E-state index contributed by atoms with van der Waals surface area (Å²) in [6.07, 6.45) is 6.87. The molecule has 1 fully saturated rings. The zero-order valence-electron chi connectivity index (χ0n) is 24.5. The number of hydrogen-bond acceptors (Lipinski definition) is 6. The number of aryl methyl sites for hydroxylation is 2. The maximum Gasteiger partial charge on any atom is 0.416 e. The molecule has 5 aromatic rings. The predicted octanol–water partition coefficient (Wildman–Crippen LogP) is 6.57. The third-order valence-electron chi connectivity index (χ3n) is 8.42. The van der Waals surface area contributed by atoms with Crippen LogP contribution in [0, 0.1) is 6.92 Å². The number of carbonyl (C=O) groups excluding carboxylic acids is 1. The summed E-state index contributed by atoms with van der Waals surface area (Å²) in [7, 11) is 1.64. The van der Waals surface area contributed by atoms with E-state index < -0.39 is 0 Å². The molecule has 0 saturated heterocycles. The lowest BCUT2D eigenvalue weighted by Gasteiger charge is -2.35. The molecule has 3 heterocycles. The van der Waals surface area contributed by atoms with Gasteiger partial charge in [0.05, 0.1) is 13.7 Å². The van der Waals surface area contributed by atoms with Crippen LogP contribution in [0.4, 0.5) is 4.79 Å². The molecular formula is C34H35N5O4. The van der Waals surface area contributed by atoms with Crippen molar-refractivity contribution in [2.75, 3.05) is 20.3 Å². The lowest BCUT2D eigenvalue weighted by molar-refractivity contribution is 0.135. The van der Waals surface area contributed by atoms with Gasteiger partial charge in [-0.25, -0.2) is 9.78 Å². The molecule has 3 aromatic carbocycles. The molecule has 9 nitrogen and oxygen atoms in total. The second kappa shape index (κ2) is 11.5. The number of fused-ring (bicyclic) bond motifs is 3. The van der Waals surface area contributed by atoms with Crippen LogP contribution < -0.4 is 14.2 Å². The number of aromatic amines is 1. The van der Waals surface area contributed by atoms with Crippen molar-refractivity contribution in [3.8, 4) is 17.2 Å². The van der Waals surface area contributed by atoms with Crippen LogP contribution in [0.5, 0.6) is 17.2 Å². The fourth-order valence-corrected chi connectivity index (χ4v) is 6.02. The van der Waals surface area contributed by atoms with Crippen LogP contribution in [0.1, 0.15) is 59.2 Å². The molecule has 0 bridgehead atoms. The van der Waals surface area contributed by atoms with Gasteiger partial charge < -0.3 is 19.2 Å². The largest absolute Gasteiger partial charge is 0.493 e. The fraction of sp³-hybridized carbons (Fsp3) is 0.324. The number of aromatic nitrogens is 4. The summed E-state index contributed by atoms with van der Waals surface area (Å²) in [5.74, 6) is 2.46. The first kappa shape index (κ1) is 27.1. The summed E-state index contributed by atoms with van der Waals surface area (Å²) in [4.78, 5) is 23.2. The van der Waals surface area contributed by atoms with E-state index in [2.05, 4.69) is 33.3 Å². The monoisotopic (exact) mass is 577 g/mol. The summed E-state index contributed by atoms with van der Waals surface area (Å²) >= 11 is 0. The Morgan fingerprint density at radius 2 is 1.86 bits per heavy atom. The molecule has 2 aliphatic rings. The highest BCUT2D eigenvalue weighted by Crippen LogP contribution is 2.44. The molecule has 1 atom stereocenters. The molecule has 9 heteroatoms. The number of carbonyl (C=O) groups is 1. The molecule has 220 valence electrons. The SMILES string of the molecule is COc1cc(C2c3[nH]c4ccc(C5CC5)cc4c3CCN2C(=O)Oc2ccc(C)cc2)ccc1OCCCn1cncn1. The highest BCUT2D eigenvalue weighted by Gasteiger charge is 2.36. The van der Waals surface area contributed by atoms with Crippen LogP contribution >= 0.6 is 0 Å². The number of ether oxygens (including phenoxy) is 3. The Morgan fingerprint density at radius 3 is 2.63 bits per heavy atom. The quantitative estimate of drug-likeness (QED) is 0.199. The molecule has 1 aliphatic carbocycles. The first-order chi connectivity index (χ1) is 21.1. The van der Waals surface area contributed by atoms with Crippen LogP contribution in [0.3, 0.4) is 0 Å². The summed E-state index contributed by atoms with van der Waals surface area (Å²) in [5, 5.41) is 5.39. The van der Waals surface area contributed by atoms with E-state index in [1.165, 1.54) is 35.7 Å². The van der Waals surface area contributed by atoms with Gasteiger partial charge in [-0.15, -0.1) is 0 Å². The number of benzene rings is 3. The van der Waals surface area contributed by atoms with E-state index in [9.17, 15) is 4.79 Å². The van der Waals surface area contributed by atoms with Gasteiger partial charge in [0.1, 0.15) is 24.4 Å². The number of nitrogens with one attached hydrogen (secondary N) is 1. The molecule has 43 heavy (non-hydrogen) atoms. The topological polar surface area (TPSA) is 94.5 Å². The summed E-state index contributed by atoms with van der Waals surface area (Å²) in [6.45, 7) is 3.76. The van der Waals surface area contributed by atoms with E-state index in [1.807, 2.05) is 54.3 Å². The van der Waals surface area contributed by atoms with E-state index in [0.717, 1.165) is 35.2 Å². The van der Waals surface area contributed by atoms with Crippen LogP contribution in [0.25, 0.3) is 10.9 Å². The minimum Gasteiger partial charge on any atom is -0.493 e. The Kier molecular flexibility index (Phi) is 7.22. The van der Waals surface area contributed by atoms with Crippen molar-refractivity contribution in [1.29, 1.82) is 0 Å². The van der Waals surface area contributed by atoms with Crippen molar-refractivity contribution in [1.82, 2.24) is 24.6 Å². The minimum absolute atomic E-state index is 0.381. The minimum atomic E-state index is -0.385. The first-order valence-electron chi connectivity index (χ1n) is 14.9. The Morgan fingerprint density at radius 1 is 1.02 bits per heavy atom. The van der Waals surface area contributed by atoms with E-state index >= 15 is 0 Å². The average molecular weight is 578 g/mol. The Balaban J connectivity index is 1.21. The van der Waals surface area contributed by atoms with Gasteiger partial charge >= 0.3 is 6.09 Å². The number of amides is 1. The molecule has 1 N–H and O–H groups in total. The molecule has 7 rings (SSSR count). The molecular weight excluding hydrogens is 542 g/mol. The summed E-state index contributed by atoms with van der Waals surface area (Å²) < 4.78 is 19.5. The maximum atomic E-state index is 13.7. The van der Waals surface area contributed by atoms with Crippen LogP contribution in [-0.2, 0) is 13.0 Å². The van der Waals surface area contributed by atoms with Crippen LogP contribution in [-0.4, -0.2) is 51.0 Å². The van der Waals surface area contributed by atoms with E-state index in [0.29, 0.717) is 42.9 Å². The molecule has 1 aliphatic heterocycles. The average Bonchev–Trinajstić information content (AvgIpc) is 3.62. The predicted molar refractivity (Wildman–Crippen MR) is 163 cm³/mol. The molecule has 1 amide bonds. The van der Waals surface area contributed by atoms with Crippen molar-refractivity contribution < 1.29 is 19.0 Å². The zero-order chi connectivity index (χ0) is 29.3. The summed E-state index contributed by atoms with van der Waals surface area (Å²) in [6, 6.07) is 19.8. The van der Waals surface area contributed by atoms with E-state index in [1.54, 1.807) is 18.1 Å². The number of methoxy groups -OCH3 is 1. The molecule has 0 spiro atoms. The standard InChI is InChI=1S/C34H35N5O4/c1-22-4-10-26(11-5-22)43-34(40)39-16-14-27-28-18-24(23-6-7-23)8-12-29(28)37-32(27)33(39)25-9-13-30(31(19-25)41-2)42-17-3-15-38-21-35-20-36-38/h4-5,8-13,18-21,23,33,37H,3,6-7,14-17H2,1-2H3. The van der Waals surface area contributed by atoms with Gasteiger partial charge in [0, 0.05) is 36.1 Å². The van der Waals surface area contributed by atoms with Crippen LogP contribution in [0.2, 0.25) is 0 Å². The second-order valence-corrected chi connectivity index (χ2v) is 11.4. The number of nitrogens with zero attached hydrogens (tertiary/aromatic N) is 4. The maximum absolute atomic E-state index is 13.7. The summed E-state index contributed by atoms with van der Waals surface area (Å²) in [5.41, 5.74) is 6.79. The van der Waals surface area contributed by atoms with E-state index in [4.69, 9.17) is 14.2 Å². The van der Waals surface area contributed by atoms with Crippen molar-refractivity contribution in [3.05, 3.63) is 101 Å². The third kappa shape index (κ3) is 5.55. The molecule has 1 saturated carbocycles. The molecule has 1 unspecified atom stereocenters. The third-order valence-corrected chi connectivity index (χ3v) is 8.42. The lowest BCUT2D eigenvalue weighted by Crippen LogP contribution is -2.42. The van der Waals surface area contributed by atoms with Gasteiger partial charge in [0.15, 0.2) is 11.5 Å². The highest BCUT2D eigenvalue weighted by atomic mass is 16.6. The van der Waals surface area contributed by atoms with Gasteiger partial charge in [-0.05, 0) is 85.2 Å². The fourth-order valence-electron chi connectivity index (χ4n) is 6.02. The second-order valence-electron chi connectivity index (χ2n) is 11.4. The Bertz CT molecular complexity index is 1740. The number of H-pyrrole nitrogens is 1. The lowest BCUT2D eigenvalue weighted by atomic mass is 9.92. The normalized spacial score (nSPS) is 16.2. The Labute approximate surface area is 250 Å². The van der Waals surface area contributed by atoms with E-state index in [-0.39, 0.29) is 12.1 Å². The molecule has 2 aromatic heterocycles. The first-order valence-corrected chi connectivity index (χ1v) is 14.9. The van der Waals surface area contributed by atoms with Crippen molar-refractivity contribution >= 4 is 17.0 Å². The van der Waals surface area contributed by atoms with Crippen LogP contribution in [0.15, 0.2) is 73.3 Å². The Hall–Kier alpha value is -4.79. The smallest absolute Gasteiger partial charge is 0.416 e. The van der Waals surface area contributed by atoms with Gasteiger partial charge in [0.25, 0.3) is 0 Å².